The van der Waals surface area contributed by atoms with Gasteiger partial charge in [-0.2, -0.15) is 0 Å². The molecule has 1 aliphatic heterocycles. The Bertz CT molecular complexity index is 481. The fourth-order valence-corrected chi connectivity index (χ4v) is 2.41. The third kappa shape index (κ3) is 4.10. The number of hydrogen-bond acceptors (Lipinski definition) is 4. The lowest BCUT2D eigenvalue weighted by atomic mass is 10.2. The highest BCUT2D eigenvalue weighted by molar-refractivity contribution is 6.33. The van der Waals surface area contributed by atoms with E-state index in [1.807, 2.05) is 0 Å². The van der Waals surface area contributed by atoms with Crippen LogP contribution in [0, 0.1) is 0 Å². The molecule has 0 spiro atoms. The molecule has 1 atom stereocenters. The standard InChI is InChI=1S/C14H20ClN3O2/c1-20-11-4-6-18(9-11)7-5-14(19)17-10-2-3-12(15)13(16)8-10/h2-3,8,11H,4-7,9,16H2,1H3,(H,17,19). The number of likely N-dealkylation sites (tertiary alicyclic amines) is 1. The zero-order valence-electron chi connectivity index (χ0n) is 11.6. The Morgan fingerprint density at radius 2 is 2.40 bits per heavy atom. The van der Waals surface area contributed by atoms with Gasteiger partial charge in [0.15, 0.2) is 0 Å². The van der Waals surface area contributed by atoms with Gasteiger partial charge in [0.2, 0.25) is 5.91 Å². The average molecular weight is 298 g/mol. The summed E-state index contributed by atoms with van der Waals surface area (Å²) in [4.78, 5) is 14.1. The van der Waals surface area contributed by atoms with Crippen molar-refractivity contribution in [3.05, 3.63) is 23.2 Å². The van der Waals surface area contributed by atoms with Crippen LogP contribution in [0.5, 0.6) is 0 Å². The van der Waals surface area contributed by atoms with Crippen LogP contribution in [0.4, 0.5) is 11.4 Å². The number of nitrogens with one attached hydrogen (secondary N) is 1. The average Bonchev–Trinajstić information content (AvgIpc) is 2.89. The number of rotatable bonds is 5. The number of carbonyl (C=O) groups is 1. The van der Waals surface area contributed by atoms with Gasteiger partial charge in [-0.25, -0.2) is 0 Å². The van der Waals surface area contributed by atoms with E-state index in [1.165, 1.54) is 0 Å². The molecule has 1 saturated heterocycles. The van der Waals surface area contributed by atoms with Crippen molar-refractivity contribution in [1.82, 2.24) is 4.90 Å². The van der Waals surface area contributed by atoms with Crippen LogP contribution in [0.1, 0.15) is 12.8 Å². The smallest absolute Gasteiger partial charge is 0.225 e. The fraction of sp³-hybridized carbons (Fsp3) is 0.500. The summed E-state index contributed by atoms with van der Waals surface area (Å²) in [6.07, 6.45) is 1.79. The Balaban J connectivity index is 1.76. The maximum absolute atomic E-state index is 11.9. The molecule has 0 bridgehead atoms. The first-order valence-corrected chi connectivity index (χ1v) is 7.06. The zero-order chi connectivity index (χ0) is 14.5. The largest absolute Gasteiger partial charge is 0.397 e. The van der Waals surface area contributed by atoms with Gasteiger partial charge in [0.25, 0.3) is 0 Å². The molecular formula is C14H20ClN3O2. The lowest BCUT2D eigenvalue weighted by molar-refractivity contribution is -0.116. The molecule has 20 heavy (non-hydrogen) atoms. The molecule has 1 heterocycles. The normalized spacial score (nSPS) is 19.2. The Hall–Kier alpha value is -1.30. The summed E-state index contributed by atoms with van der Waals surface area (Å²) in [6, 6.07) is 5.08. The van der Waals surface area contributed by atoms with Crippen molar-refractivity contribution in [3.8, 4) is 0 Å². The van der Waals surface area contributed by atoms with Crippen molar-refractivity contribution in [2.45, 2.75) is 18.9 Å². The molecule has 2 rings (SSSR count). The van der Waals surface area contributed by atoms with Gasteiger partial charge in [-0.3, -0.25) is 4.79 Å². The predicted octanol–water partition coefficient (Wildman–Crippen LogP) is 1.97. The number of anilines is 2. The number of halogens is 1. The van der Waals surface area contributed by atoms with Crippen LogP contribution < -0.4 is 11.1 Å². The van der Waals surface area contributed by atoms with Crippen LogP contribution in [0.25, 0.3) is 0 Å². The van der Waals surface area contributed by atoms with Crippen molar-refractivity contribution in [1.29, 1.82) is 0 Å². The highest BCUT2D eigenvalue weighted by Crippen LogP contribution is 2.22. The van der Waals surface area contributed by atoms with Crippen molar-refractivity contribution in [2.24, 2.45) is 0 Å². The molecule has 1 aromatic carbocycles. The number of amides is 1. The summed E-state index contributed by atoms with van der Waals surface area (Å²) in [5.74, 6) is -0.0208. The number of benzene rings is 1. The lowest BCUT2D eigenvalue weighted by Crippen LogP contribution is -2.27. The number of methoxy groups -OCH3 is 1. The molecule has 1 amide bonds. The fourth-order valence-electron chi connectivity index (χ4n) is 2.30. The van der Waals surface area contributed by atoms with Gasteiger partial charge < -0.3 is 20.7 Å². The topological polar surface area (TPSA) is 67.6 Å². The Kier molecular flexibility index (Phi) is 5.23. The van der Waals surface area contributed by atoms with Crippen LogP contribution >= 0.6 is 11.6 Å². The van der Waals surface area contributed by atoms with E-state index in [-0.39, 0.29) is 5.91 Å². The van der Waals surface area contributed by atoms with E-state index in [2.05, 4.69) is 10.2 Å². The second-order valence-electron chi connectivity index (χ2n) is 4.98. The van der Waals surface area contributed by atoms with Crippen LogP contribution in [0.2, 0.25) is 5.02 Å². The van der Waals surface area contributed by atoms with Gasteiger partial charge in [-0.1, -0.05) is 11.6 Å². The minimum Gasteiger partial charge on any atom is -0.397 e. The van der Waals surface area contributed by atoms with Gasteiger partial charge in [-0.05, 0) is 24.6 Å². The first-order valence-electron chi connectivity index (χ1n) is 6.68. The molecule has 1 aromatic rings. The maximum Gasteiger partial charge on any atom is 0.225 e. The van der Waals surface area contributed by atoms with Gasteiger partial charge in [0.05, 0.1) is 16.8 Å². The Morgan fingerprint density at radius 1 is 1.60 bits per heavy atom. The van der Waals surface area contributed by atoms with Crippen LogP contribution in [0.3, 0.4) is 0 Å². The summed E-state index contributed by atoms with van der Waals surface area (Å²) in [5, 5.41) is 3.31. The molecule has 0 saturated carbocycles. The number of ether oxygens (including phenoxy) is 1. The molecule has 0 aromatic heterocycles. The van der Waals surface area contributed by atoms with E-state index in [4.69, 9.17) is 22.1 Å². The minimum atomic E-state index is -0.0208. The minimum absolute atomic E-state index is 0.0208. The van der Waals surface area contributed by atoms with E-state index in [1.54, 1.807) is 25.3 Å². The molecular weight excluding hydrogens is 278 g/mol. The third-order valence-corrected chi connectivity index (χ3v) is 3.84. The van der Waals surface area contributed by atoms with E-state index < -0.39 is 0 Å². The van der Waals surface area contributed by atoms with Gasteiger partial charge in [-0.15, -0.1) is 0 Å². The van der Waals surface area contributed by atoms with E-state index in [0.717, 1.165) is 26.1 Å². The van der Waals surface area contributed by atoms with Crippen molar-refractivity contribution >= 4 is 28.9 Å². The number of nitrogens with two attached hydrogens (primary N) is 1. The molecule has 5 nitrogen and oxygen atoms in total. The van der Waals surface area contributed by atoms with Crippen LogP contribution in [-0.4, -0.2) is 43.7 Å². The quantitative estimate of drug-likeness (QED) is 0.816. The second-order valence-corrected chi connectivity index (χ2v) is 5.39. The summed E-state index contributed by atoms with van der Waals surface area (Å²) in [5.41, 5.74) is 6.83. The first kappa shape index (κ1) is 15.1. The molecule has 1 aliphatic rings. The summed E-state index contributed by atoms with van der Waals surface area (Å²) >= 11 is 5.84. The van der Waals surface area contributed by atoms with E-state index in [9.17, 15) is 4.79 Å². The summed E-state index contributed by atoms with van der Waals surface area (Å²) in [7, 11) is 1.73. The van der Waals surface area contributed by atoms with Gasteiger partial charge >= 0.3 is 0 Å². The van der Waals surface area contributed by atoms with Crippen LogP contribution in [0.15, 0.2) is 18.2 Å². The molecule has 110 valence electrons. The molecule has 1 unspecified atom stereocenters. The Labute approximate surface area is 124 Å². The molecule has 0 aliphatic carbocycles. The van der Waals surface area contributed by atoms with Gasteiger partial charge in [0.1, 0.15) is 0 Å². The van der Waals surface area contributed by atoms with Crippen molar-refractivity contribution in [3.63, 3.8) is 0 Å². The lowest BCUT2D eigenvalue weighted by Gasteiger charge is -2.15. The van der Waals surface area contributed by atoms with E-state index in [0.29, 0.717) is 28.9 Å². The number of hydrogen-bond donors (Lipinski definition) is 2. The van der Waals surface area contributed by atoms with Crippen molar-refractivity contribution in [2.75, 3.05) is 37.8 Å². The molecule has 3 N–H and O–H groups in total. The van der Waals surface area contributed by atoms with Gasteiger partial charge in [0, 0.05) is 38.9 Å². The molecule has 0 radical (unpaired) electrons. The highest BCUT2D eigenvalue weighted by atomic mass is 35.5. The summed E-state index contributed by atoms with van der Waals surface area (Å²) in [6.45, 7) is 2.63. The SMILES string of the molecule is COC1CCN(CCC(=O)Nc2ccc(Cl)c(N)c2)C1. The highest BCUT2D eigenvalue weighted by Gasteiger charge is 2.22. The maximum atomic E-state index is 11.9. The number of nitrogens with zero attached hydrogens (tertiary/aromatic N) is 1. The molecule has 6 heteroatoms. The number of nitrogen functional groups attached to an aromatic ring is 1. The number of carbonyl (C=O) groups excluding carboxylic acids is 1. The second kappa shape index (κ2) is 6.92. The predicted molar refractivity (Wildman–Crippen MR) is 81.0 cm³/mol. The Morgan fingerprint density at radius 3 is 3.05 bits per heavy atom. The monoisotopic (exact) mass is 297 g/mol. The van der Waals surface area contributed by atoms with Crippen molar-refractivity contribution < 1.29 is 9.53 Å². The summed E-state index contributed by atoms with van der Waals surface area (Å²) < 4.78 is 5.30. The third-order valence-electron chi connectivity index (χ3n) is 3.50. The van der Waals surface area contributed by atoms with E-state index >= 15 is 0 Å². The first-order chi connectivity index (χ1) is 9.58. The molecule has 1 fully saturated rings. The van der Waals surface area contributed by atoms with Crippen LogP contribution in [-0.2, 0) is 9.53 Å². The zero-order valence-corrected chi connectivity index (χ0v) is 12.3.